The normalized spacial score (nSPS) is 9.83. The van der Waals surface area contributed by atoms with Crippen LogP contribution in [0, 0.1) is 5.82 Å². The van der Waals surface area contributed by atoms with Crippen LogP contribution in [0.1, 0.15) is 10.4 Å². The van der Waals surface area contributed by atoms with Crippen LogP contribution in [-0.2, 0) is 9.59 Å². The molecule has 6 nitrogen and oxygen atoms in total. The first kappa shape index (κ1) is 13.6. The fourth-order valence-corrected chi connectivity index (χ4v) is 1.36. The molecule has 0 aromatic heterocycles. The van der Waals surface area contributed by atoms with E-state index < -0.39 is 36.7 Å². The zero-order valence-corrected chi connectivity index (χ0v) is 9.30. The number of carboxylic acid groups (broad SMARTS) is 1. The molecule has 1 aromatic rings. The van der Waals surface area contributed by atoms with Gasteiger partial charge in [0.25, 0.3) is 5.91 Å². The number of aliphatic carboxylic acids is 1. The average Bonchev–Trinajstić information content (AvgIpc) is 2.26. The minimum absolute atomic E-state index is 0.306. The van der Waals surface area contributed by atoms with Crippen LogP contribution in [0.25, 0.3) is 0 Å². The molecule has 0 aliphatic rings. The van der Waals surface area contributed by atoms with Crippen molar-refractivity contribution in [1.29, 1.82) is 0 Å². The number of amides is 2. The highest BCUT2D eigenvalue weighted by molar-refractivity contribution is 5.98. The summed E-state index contributed by atoms with van der Waals surface area (Å²) >= 11 is 0. The molecule has 0 aliphatic carbocycles. The van der Waals surface area contributed by atoms with Crippen LogP contribution < -0.4 is 5.73 Å². The molecule has 0 unspecified atom stereocenters. The lowest BCUT2D eigenvalue weighted by molar-refractivity contribution is -0.138. The summed E-state index contributed by atoms with van der Waals surface area (Å²) in [5, 5.41) is 8.62. The molecule has 7 heteroatoms. The Morgan fingerprint density at radius 3 is 2.33 bits per heavy atom. The van der Waals surface area contributed by atoms with Gasteiger partial charge in [0.15, 0.2) is 0 Å². The molecule has 0 spiro atoms. The number of carbonyl (C=O) groups is 3. The molecule has 0 saturated carbocycles. The lowest BCUT2D eigenvalue weighted by atomic mass is 10.2. The maximum absolute atomic E-state index is 13.4. The van der Waals surface area contributed by atoms with Crippen molar-refractivity contribution >= 4 is 17.8 Å². The predicted octanol–water partition coefficient (Wildman–Crippen LogP) is -0.162. The minimum Gasteiger partial charge on any atom is -0.480 e. The van der Waals surface area contributed by atoms with Gasteiger partial charge < -0.3 is 15.7 Å². The number of primary amides is 1. The first-order chi connectivity index (χ1) is 8.41. The molecule has 2 amide bonds. The van der Waals surface area contributed by atoms with E-state index in [1.54, 1.807) is 0 Å². The number of hydrogen-bond acceptors (Lipinski definition) is 3. The molecule has 0 atom stereocenters. The third kappa shape index (κ3) is 3.55. The quantitative estimate of drug-likeness (QED) is 0.762. The summed E-state index contributed by atoms with van der Waals surface area (Å²) in [7, 11) is 0. The predicted molar refractivity (Wildman–Crippen MR) is 59.1 cm³/mol. The fraction of sp³-hybridized carbons (Fsp3) is 0.182. The fourth-order valence-electron chi connectivity index (χ4n) is 1.36. The number of halogens is 1. The monoisotopic (exact) mass is 254 g/mol. The van der Waals surface area contributed by atoms with Crippen LogP contribution in [0.2, 0.25) is 0 Å². The molecule has 96 valence electrons. The van der Waals surface area contributed by atoms with Gasteiger partial charge in [0.05, 0.1) is 5.56 Å². The average molecular weight is 254 g/mol. The van der Waals surface area contributed by atoms with Gasteiger partial charge in [-0.25, -0.2) is 4.39 Å². The largest absolute Gasteiger partial charge is 0.480 e. The van der Waals surface area contributed by atoms with Crippen molar-refractivity contribution in [2.45, 2.75) is 0 Å². The van der Waals surface area contributed by atoms with Gasteiger partial charge in [0.1, 0.15) is 18.9 Å². The second-order valence-electron chi connectivity index (χ2n) is 3.50. The Labute approximate surface area is 102 Å². The summed E-state index contributed by atoms with van der Waals surface area (Å²) in [4.78, 5) is 33.8. The number of benzene rings is 1. The second-order valence-corrected chi connectivity index (χ2v) is 3.50. The van der Waals surface area contributed by atoms with Gasteiger partial charge in [-0.3, -0.25) is 14.4 Å². The number of carbonyl (C=O) groups excluding carboxylic acids is 2. The van der Waals surface area contributed by atoms with E-state index in [2.05, 4.69) is 0 Å². The van der Waals surface area contributed by atoms with Gasteiger partial charge in [-0.1, -0.05) is 12.1 Å². The lowest BCUT2D eigenvalue weighted by Gasteiger charge is -2.19. The molecule has 0 aliphatic heterocycles. The van der Waals surface area contributed by atoms with Crippen LogP contribution >= 0.6 is 0 Å². The summed E-state index contributed by atoms with van der Waals surface area (Å²) in [6.07, 6.45) is 0. The van der Waals surface area contributed by atoms with Crippen molar-refractivity contribution in [3.63, 3.8) is 0 Å². The van der Waals surface area contributed by atoms with Gasteiger partial charge in [-0.2, -0.15) is 0 Å². The zero-order chi connectivity index (χ0) is 13.7. The Morgan fingerprint density at radius 2 is 1.83 bits per heavy atom. The highest BCUT2D eigenvalue weighted by Gasteiger charge is 2.22. The Kier molecular flexibility index (Phi) is 4.36. The first-order valence-corrected chi connectivity index (χ1v) is 4.95. The molecule has 0 saturated heterocycles. The van der Waals surface area contributed by atoms with Gasteiger partial charge in [0, 0.05) is 0 Å². The van der Waals surface area contributed by atoms with E-state index in [4.69, 9.17) is 10.8 Å². The highest BCUT2D eigenvalue weighted by atomic mass is 19.1. The molecule has 0 heterocycles. The zero-order valence-electron chi connectivity index (χ0n) is 9.30. The highest BCUT2D eigenvalue weighted by Crippen LogP contribution is 2.09. The second kappa shape index (κ2) is 5.76. The third-order valence-corrected chi connectivity index (χ3v) is 2.06. The molecular weight excluding hydrogens is 243 g/mol. The van der Waals surface area contributed by atoms with E-state index in [9.17, 15) is 18.8 Å². The van der Waals surface area contributed by atoms with Crippen molar-refractivity contribution in [2.75, 3.05) is 13.1 Å². The third-order valence-electron chi connectivity index (χ3n) is 2.06. The summed E-state index contributed by atoms with van der Waals surface area (Å²) in [6, 6.07) is 5.09. The topological polar surface area (TPSA) is 101 Å². The van der Waals surface area contributed by atoms with Gasteiger partial charge in [-0.15, -0.1) is 0 Å². The Bertz CT molecular complexity index is 474. The molecule has 0 radical (unpaired) electrons. The van der Waals surface area contributed by atoms with E-state index in [1.165, 1.54) is 18.2 Å². The summed E-state index contributed by atoms with van der Waals surface area (Å²) < 4.78 is 13.4. The number of rotatable bonds is 5. The number of nitrogens with two attached hydrogens (primary N) is 1. The van der Waals surface area contributed by atoms with Crippen LogP contribution in [0.5, 0.6) is 0 Å². The molecule has 1 rings (SSSR count). The van der Waals surface area contributed by atoms with Crippen LogP contribution in [-0.4, -0.2) is 40.9 Å². The van der Waals surface area contributed by atoms with Crippen molar-refractivity contribution in [2.24, 2.45) is 5.73 Å². The van der Waals surface area contributed by atoms with Crippen molar-refractivity contribution in [3.8, 4) is 0 Å². The van der Waals surface area contributed by atoms with Gasteiger partial charge in [-0.05, 0) is 12.1 Å². The van der Waals surface area contributed by atoms with Crippen LogP contribution in [0.4, 0.5) is 4.39 Å². The minimum atomic E-state index is -1.32. The maximum Gasteiger partial charge on any atom is 0.323 e. The summed E-state index contributed by atoms with van der Waals surface area (Å²) in [5.41, 5.74) is 4.60. The van der Waals surface area contributed by atoms with Gasteiger partial charge in [0.2, 0.25) is 5.91 Å². The van der Waals surface area contributed by atoms with E-state index in [1.807, 2.05) is 0 Å². The smallest absolute Gasteiger partial charge is 0.323 e. The van der Waals surface area contributed by atoms with E-state index in [-0.39, 0.29) is 5.56 Å². The lowest BCUT2D eigenvalue weighted by Crippen LogP contribution is -2.41. The van der Waals surface area contributed by atoms with Crippen molar-refractivity contribution in [3.05, 3.63) is 35.6 Å². The summed E-state index contributed by atoms with van der Waals surface area (Å²) in [6.45, 7) is -1.31. The Morgan fingerprint density at radius 1 is 1.22 bits per heavy atom. The molecule has 0 fully saturated rings. The van der Waals surface area contributed by atoms with E-state index >= 15 is 0 Å². The molecular formula is C11H11FN2O4. The SMILES string of the molecule is NC(=O)CN(CC(=O)O)C(=O)c1ccccc1F. The molecule has 1 aromatic carbocycles. The van der Waals surface area contributed by atoms with Crippen LogP contribution in [0.15, 0.2) is 24.3 Å². The number of carboxylic acids is 1. The van der Waals surface area contributed by atoms with Crippen molar-refractivity contribution < 1.29 is 23.9 Å². The summed E-state index contributed by atoms with van der Waals surface area (Å²) in [5.74, 6) is -3.88. The van der Waals surface area contributed by atoms with Crippen molar-refractivity contribution in [1.82, 2.24) is 4.90 Å². The molecule has 18 heavy (non-hydrogen) atoms. The molecule has 3 N–H and O–H groups in total. The number of nitrogens with zero attached hydrogens (tertiary/aromatic N) is 1. The van der Waals surface area contributed by atoms with E-state index in [0.717, 1.165) is 6.07 Å². The molecule has 0 bridgehead atoms. The van der Waals surface area contributed by atoms with Crippen LogP contribution in [0.3, 0.4) is 0 Å². The first-order valence-electron chi connectivity index (χ1n) is 4.95. The maximum atomic E-state index is 13.4. The standard InChI is InChI=1S/C11H11FN2O4/c12-8-4-2-1-3-7(8)11(18)14(5-9(13)15)6-10(16)17/h1-4H,5-6H2,(H2,13,15)(H,16,17). The number of hydrogen-bond donors (Lipinski definition) is 2. The van der Waals surface area contributed by atoms with Gasteiger partial charge >= 0.3 is 5.97 Å². The Balaban J connectivity index is 2.98. The Hall–Kier alpha value is -2.44. The van der Waals surface area contributed by atoms with E-state index in [0.29, 0.717) is 4.90 Å².